The highest BCUT2D eigenvalue weighted by atomic mass is 35.5. The second-order valence-corrected chi connectivity index (χ2v) is 3.71. The summed E-state index contributed by atoms with van der Waals surface area (Å²) in [6, 6.07) is 7.24. The minimum atomic E-state index is -0.640. The lowest BCUT2D eigenvalue weighted by Gasteiger charge is -2.05. The maximum Gasteiger partial charge on any atom is 0.342 e. The van der Waals surface area contributed by atoms with Crippen molar-refractivity contribution in [3.63, 3.8) is 0 Å². The van der Waals surface area contributed by atoms with E-state index in [1.54, 1.807) is 6.07 Å². The lowest BCUT2D eigenvalue weighted by atomic mass is 10.2. The Bertz CT molecular complexity index is 634. The van der Waals surface area contributed by atoms with Crippen molar-refractivity contribution in [2.45, 2.75) is 6.54 Å². The van der Waals surface area contributed by atoms with Gasteiger partial charge < -0.3 is 5.32 Å². The van der Waals surface area contributed by atoms with Gasteiger partial charge in [0.15, 0.2) is 0 Å². The molecule has 2 rings (SSSR count). The van der Waals surface area contributed by atoms with Gasteiger partial charge in [-0.05, 0) is 11.6 Å². The Morgan fingerprint density at radius 1 is 1.29 bits per heavy atom. The summed E-state index contributed by atoms with van der Waals surface area (Å²) in [5.41, 5.74) is -0.374. The van der Waals surface area contributed by atoms with Crippen LogP contribution in [0.5, 0.6) is 0 Å². The molecular weight excluding hydrogens is 244 g/mol. The fourth-order valence-corrected chi connectivity index (χ4v) is 1.49. The maximum atomic E-state index is 11.3. The molecule has 0 aliphatic carbocycles. The molecule has 0 spiro atoms. The van der Waals surface area contributed by atoms with Gasteiger partial charge in [0.05, 0.1) is 0 Å². The summed E-state index contributed by atoms with van der Waals surface area (Å²) in [6.07, 6.45) is 0. The van der Waals surface area contributed by atoms with Gasteiger partial charge in [0.25, 0.3) is 5.56 Å². The van der Waals surface area contributed by atoms with E-state index in [9.17, 15) is 9.59 Å². The van der Waals surface area contributed by atoms with Gasteiger partial charge in [-0.3, -0.25) is 9.78 Å². The lowest BCUT2D eigenvalue weighted by Crippen LogP contribution is -2.26. The second kappa shape index (κ2) is 4.84. The minimum Gasteiger partial charge on any atom is -0.360 e. The molecule has 6 nitrogen and oxygen atoms in total. The Balaban J connectivity index is 2.16. The van der Waals surface area contributed by atoms with E-state index in [2.05, 4.69) is 20.5 Å². The molecule has 0 fully saturated rings. The molecule has 17 heavy (non-hydrogen) atoms. The molecule has 0 unspecified atom stereocenters. The molecule has 0 amide bonds. The number of H-pyrrole nitrogens is 2. The van der Waals surface area contributed by atoms with E-state index >= 15 is 0 Å². The Hall–Kier alpha value is -2.08. The molecule has 1 aromatic carbocycles. The number of nitrogens with one attached hydrogen (secondary N) is 3. The first-order valence-corrected chi connectivity index (χ1v) is 5.21. The number of hydrogen-bond donors (Lipinski definition) is 3. The van der Waals surface area contributed by atoms with Crippen LogP contribution in [0.4, 0.5) is 5.82 Å². The predicted octanol–water partition coefficient (Wildman–Crippen LogP) is 0.724. The van der Waals surface area contributed by atoms with E-state index in [4.69, 9.17) is 11.6 Å². The normalized spacial score (nSPS) is 10.2. The lowest BCUT2D eigenvalue weighted by molar-refractivity contribution is 0.883. The van der Waals surface area contributed by atoms with Gasteiger partial charge in [-0.2, -0.15) is 0 Å². The van der Waals surface area contributed by atoms with Crippen LogP contribution in [0.3, 0.4) is 0 Å². The van der Waals surface area contributed by atoms with E-state index < -0.39 is 11.2 Å². The molecule has 7 heteroatoms. The van der Waals surface area contributed by atoms with Crippen LogP contribution in [-0.2, 0) is 6.54 Å². The molecule has 0 bridgehead atoms. The van der Waals surface area contributed by atoms with Crippen LogP contribution >= 0.6 is 11.6 Å². The summed E-state index contributed by atoms with van der Waals surface area (Å²) in [7, 11) is 0. The van der Waals surface area contributed by atoms with Gasteiger partial charge in [0.2, 0.25) is 5.82 Å². The fourth-order valence-electron chi connectivity index (χ4n) is 1.29. The highest BCUT2D eigenvalue weighted by Crippen LogP contribution is 2.15. The SMILES string of the molecule is O=c1[nH]nc(NCc2ccccc2Cl)c(=O)[nH]1. The van der Waals surface area contributed by atoms with Gasteiger partial charge >= 0.3 is 5.69 Å². The molecule has 0 saturated carbocycles. The molecule has 2 aromatic rings. The summed E-state index contributed by atoms with van der Waals surface area (Å²) in [6.45, 7) is 0.349. The summed E-state index contributed by atoms with van der Waals surface area (Å²) in [5, 5.41) is 9.11. The van der Waals surface area contributed by atoms with E-state index in [1.807, 2.05) is 18.2 Å². The van der Waals surface area contributed by atoms with E-state index in [-0.39, 0.29) is 5.82 Å². The molecule has 0 aliphatic heterocycles. The fraction of sp³-hybridized carbons (Fsp3) is 0.100. The van der Waals surface area contributed by atoms with Crippen molar-refractivity contribution >= 4 is 17.4 Å². The number of anilines is 1. The summed E-state index contributed by atoms with van der Waals surface area (Å²) < 4.78 is 0. The van der Waals surface area contributed by atoms with Crippen molar-refractivity contribution in [3.8, 4) is 0 Å². The molecule has 1 heterocycles. The van der Waals surface area contributed by atoms with Crippen molar-refractivity contribution in [1.82, 2.24) is 15.2 Å². The first kappa shape index (κ1) is 11.4. The number of nitrogens with zero attached hydrogens (tertiary/aromatic N) is 1. The zero-order valence-corrected chi connectivity index (χ0v) is 9.41. The van der Waals surface area contributed by atoms with Crippen LogP contribution < -0.4 is 16.6 Å². The average Bonchev–Trinajstić information content (AvgIpc) is 2.30. The minimum absolute atomic E-state index is 0.0459. The Kier molecular flexibility index (Phi) is 3.24. The molecule has 88 valence electrons. The Labute approximate surface area is 101 Å². The predicted molar refractivity (Wildman–Crippen MR) is 64.3 cm³/mol. The Morgan fingerprint density at radius 2 is 2.06 bits per heavy atom. The van der Waals surface area contributed by atoms with Crippen molar-refractivity contribution < 1.29 is 0 Å². The molecule has 0 aliphatic rings. The van der Waals surface area contributed by atoms with Crippen LogP contribution in [0.25, 0.3) is 0 Å². The molecular formula is C10H9ClN4O2. The van der Waals surface area contributed by atoms with Gasteiger partial charge in [-0.1, -0.05) is 29.8 Å². The number of aromatic nitrogens is 3. The Morgan fingerprint density at radius 3 is 2.76 bits per heavy atom. The maximum absolute atomic E-state index is 11.3. The second-order valence-electron chi connectivity index (χ2n) is 3.30. The molecule has 1 aromatic heterocycles. The van der Waals surface area contributed by atoms with E-state index in [0.29, 0.717) is 11.6 Å². The summed E-state index contributed by atoms with van der Waals surface area (Å²) in [4.78, 5) is 24.1. The largest absolute Gasteiger partial charge is 0.360 e. The van der Waals surface area contributed by atoms with Crippen LogP contribution in [0, 0.1) is 0 Å². The monoisotopic (exact) mass is 252 g/mol. The molecule has 0 atom stereocenters. The van der Waals surface area contributed by atoms with Crippen molar-refractivity contribution in [2.24, 2.45) is 0 Å². The third-order valence-corrected chi connectivity index (χ3v) is 2.48. The zero-order chi connectivity index (χ0) is 12.3. The molecule has 0 radical (unpaired) electrons. The first-order chi connectivity index (χ1) is 8.16. The molecule has 3 N–H and O–H groups in total. The third-order valence-electron chi connectivity index (χ3n) is 2.12. The standard InChI is InChI=1S/C10H9ClN4O2/c11-7-4-2-1-3-6(7)5-12-8-9(16)13-10(17)15-14-8/h1-4H,5H2,(H,12,14)(H2,13,15,16,17). The number of hydrogen-bond acceptors (Lipinski definition) is 4. The van der Waals surface area contributed by atoms with Crippen molar-refractivity contribution in [1.29, 1.82) is 0 Å². The quantitative estimate of drug-likeness (QED) is 0.751. The molecule has 0 saturated heterocycles. The van der Waals surface area contributed by atoms with Crippen molar-refractivity contribution in [3.05, 3.63) is 55.7 Å². The van der Waals surface area contributed by atoms with Crippen LogP contribution in [0.2, 0.25) is 5.02 Å². The van der Waals surface area contributed by atoms with Crippen LogP contribution in [0.1, 0.15) is 5.56 Å². The number of halogens is 1. The summed E-state index contributed by atoms with van der Waals surface area (Å²) >= 11 is 5.95. The van der Waals surface area contributed by atoms with E-state index in [1.165, 1.54) is 0 Å². The number of aromatic amines is 2. The third kappa shape index (κ3) is 2.73. The highest BCUT2D eigenvalue weighted by molar-refractivity contribution is 6.31. The van der Waals surface area contributed by atoms with Crippen LogP contribution in [0.15, 0.2) is 33.9 Å². The van der Waals surface area contributed by atoms with Gasteiger partial charge in [0.1, 0.15) is 0 Å². The number of benzene rings is 1. The van der Waals surface area contributed by atoms with Gasteiger partial charge in [0, 0.05) is 11.6 Å². The van der Waals surface area contributed by atoms with Gasteiger partial charge in [-0.15, -0.1) is 5.10 Å². The zero-order valence-electron chi connectivity index (χ0n) is 8.66. The topological polar surface area (TPSA) is 90.6 Å². The smallest absolute Gasteiger partial charge is 0.342 e. The average molecular weight is 253 g/mol. The first-order valence-electron chi connectivity index (χ1n) is 4.83. The number of rotatable bonds is 3. The van der Waals surface area contributed by atoms with Crippen molar-refractivity contribution in [2.75, 3.05) is 5.32 Å². The van der Waals surface area contributed by atoms with Gasteiger partial charge in [-0.25, -0.2) is 9.89 Å². The van der Waals surface area contributed by atoms with Crippen LogP contribution in [-0.4, -0.2) is 15.2 Å². The van der Waals surface area contributed by atoms with E-state index in [0.717, 1.165) is 5.56 Å². The summed E-state index contributed by atoms with van der Waals surface area (Å²) in [5.74, 6) is 0.0459. The highest BCUT2D eigenvalue weighted by Gasteiger charge is 2.03.